The molecule has 0 aromatic rings. The Morgan fingerprint density at radius 2 is 1.88 bits per heavy atom. The predicted molar refractivity (Wildman–Crippen MR) is 68.0 cm³/mol. The number of nitrogens with zero attached hydrogens (tertiary/aromatic N) is 1. The van der Waals surface area contributed by atoms with Crippen LogP contribution in [0.25, 0.3) is 0 Å². The van der Waals surface area contributed by atoms with E-state index in [4.69, 9.17) is 5.73 Å². The van der Waals surface area contributed by atoms with Crippen LogP contribution in [0.1, 0.15) is 51.9 Å². The molecule has 1 aliphatic carbocycles. The molecule has 0 aromatic heterocycles. The van der Waals surface area contributed by atoms with Gasteiger partial charge in [0, 0.05) is 25.2 Å². The van der Waals surface area contributed by atoms with Crippen LogP contribution in [0, 0.1) is 5.92 Å². The number of nitrogens with two attached hydrogens (primary N) is 1. The Balaban J connectivity index is 1.81. The maximum Gasteiger partial charge on any atom is 0.0422 e. The van der Waals surface area contributed by atoms with Gasteiger partial charge in [-0.15, -0.1) is 0 Å². The van der Waals surface area contributed by atoms with E-state index >= 15 is 0 Å². The molecule has 3 N–H and O–H groups in total. The van der Waals surface area contributed by atoms with E-state index in [1.807, 2.05) is 0 Å². The topological polar surface area (TPSA) is 41.3 Å². The maximum atomic E-state index is 5.96. The zero-order valence-corrected chi connectivity index (χ0v) is 10.7. The fraction of sp³-hybridized carbons (Fsp3) is 1.00. The molecule has 1 heterocycles. The van der Waals surface area contributed by atoms with Crippen LogP contribution in [-0.4, -0.2) is 30.2 Å². The van der Waals surface area contributed by atoms with Gasteiger partial charge in [-0.25, -0.2) is 10.4 Å². The summed E-state index contributed by atoms with van der Waals surface area (Å²) in [7, 11) is 0. The van der Waals surface area contributed by atoms with Crippen LogP contribution < -0.4 is 11.2 Å². The Kier molecular flexibility index (Phi) is 4.22. The summed E-state index contributed by atoms with van der Waals surface area (Å²) in [6, 6.07) is 0. The standard InChI is InChI=1S/C13H27N3/c1-13(11-14,10-12-6-5-7-12)15-16-8-3-2-4-9-16/h12,15H,2-11,14H2,1H3. The minimum Gasteiger partial charge on any atom is -0.329 e. The lowest BCUT2D eigenvalue weighted by atomic mass is 9.77. The lowest BCUT2D eigenvalue weighted by Gasteiger charge is -2.41. The first-order valence-corrected chi connectivity index (χ1v) is 6.95. The van der Waals surface area contributed by atoms with Gasteiger partial charge in [-0.2, -0.15) is 0 Å². The highest BCUT2D eigenvalue weighted by atomic mass is 15.5. The van der Waals surface area contributed by atoms with Crippen LogP contribution in [0.15, 0.2) is 0 Å². The molecule has 0 bridgehead atoms. The average Bonchev–Trinajstić information content (AvgIpc) is 2.25. The second kappa shape index (κ2) is 5.48. The fourth-order valence-corrected chi connectivity index (χ4v) is 2.90. The second-order valence-electron chi connectivity index (χ2n) is 5.93. The van der Waals surface area contributed by atoms with Crippen LogP contribution in [-0.2, 0) is 0 Å². The number of piperidine rings is 1. The van der Waals surface area contributed by atoms with Gasteiger partial charge < -0.3 is 5.73 Å². The van der Waals surface area contributed by atoms with Crippen molar-refractivity contribution in [3.05, 3.63) is 0 Å². The van der Waals surface area contributed by atoms with Crippen LogP contribution >= 0.6 is 0 Å². The van der Waals surface area contributed by atoms with E-state index in [0.717, 1.165) is 12.5 Å². The van der Waals surface area contributed by atoms with E-state index in [1.165, 1.54) is 58.0 Å². The minimum absolute atomic E-state index is 0.127. The quantitative estimate of drug-likeness (QED) is 0.750. The van der Waals surface area contributed by atoms with E-state index < -0.39 is 0 Å². The van der Waals surface area contributed by atoms with E-state index in [9.17, 15) is 0 Å². The van der Waals surface area contributed by atoms with Crippen molar-refractivity contribution < 1.29 is 0 Å². The van der Waals surface area contributed by atoms with E-state index in [2.05, 4.69) is 17.4 Å². The summed E-state index contributed by atoms with van der Waals surface area (Å²) >= 11 is 0. The Bertz CT molecular complexity index is 209. The van der Waals surface area contributed by atoms with Crippen molar-refractivity contribution in [2.75, 3.05) is 19.6 Å². The molecule has 1 unspecified atom stereocenters. The predicted octanol–water partition coefficient (Wildman–Crippen LogP) is 1.88. The molecule has 1 saturated carbocycles. The Morgan fingerprint density at radius 1 is 1.19 bits per heavy atom. The van der Waals surface area contributed by atoms with E-state index in [1.54, 1.807) is 0 Å². The third kappa shape index (κ3) is 3.19. The highest BCUT2D eigenvalue weighted by Crippen LogP contribution is 2.33. The highest BCUT2D eigenvalue weighted by Gasteiger charge is 2.31. The molecule has 2 aliphatic rings. The molecule has 16 heavy (non-hydrogen) atoms. The van der Waals surface area contributed by atoms with Crippen LogP contribution in [0.4, 0.5) is 0 Å². The Morgan fingerprint density at radius 3 is 2.38 bits per heavy atom. The largest absolute Gasteiger partial charge is 0.329 e. The van der Waals surface area contributed by atoms with Crippen molar-refractivity contribution in [3.63, 3.8) is 0 Å². The number of hydrogen-bond donors (Lipinski definition) is 2. The fourth-order valence-electron chi connectivity index (χ4n) is 2.90. The van der Waals surface area contributed by atoms with Gasteiger partial charge in [-0.05, 0) is 32.1 Å². The van der Waals surface area contributed by atoms with Gasteiger partial charge in [0.25, 0.3) is 0 Å². The molecule has 94 valence electrons. The molecule has 1 aliphatic heterocycles. The summed E-state index contributed by atoms with van der Waals surface area (Å²) in [6.07, 6.45) is 9.55. The van der Waals surface area contributed by atoms with Gasteiger partial charge in [0.05, 0.1) is 0 Å². The number of rotatable bonds is 5. The molecule has 2 rings (SSSR count). The van der Waals surface area contributed by atoms with Gasteiger partial charge in [-0.3, -0.25) is 0 Å². The number of nitrogens with one attached hydrogen (secondary N) is 1. The molecular weight excluding hydrogens is 198 g/mol. The molecule has 1 atom stereocenters. The van der Waals surface area contributed by atoms with Crippen molar-refractivity contribution in [3.8, 4) is 0 Å². The lowest BCUT2D eigenvalue weighted by molar-refractivity contribution is 0.0684. The monoisotopic (exact) mass is 225 g/mol. The van der Waals surface area contributed by atoms with Crippen molar-refractivity contribution in [1.29, 1.82) is 0 Å². The van der Waals surface area contributed by atoms with Crippen molar-refractivity contribution in [2.24, 2.45) is 11.7 Å². The third-order valence-corrected chi connectivity index (χ3v) is 4.20. The highest BCUT2D eigenvalue weighted by molar-refractivity contribution is 4.88. The molecule has 3 heteroatoms. The molecule has 2 fully saturated rings. The summed E-state index contributed by atoms with van der Waals surface area (Å²) in [5.41, 5.74) is 9.78. The van der Waals surface area contributed by atoms with Crippen molar-refractivity contribution >= 4 is 0 Å². The summed E-state index contributed by atoms with van der Waals surface area (Å²) in [5.74, 6) is 0.922. The molecule has 0 spiro atoms. The smallest absolute Gasteiger partial charge is 0.0422 e. The average molecular weight is 225 g/mol. The summed E-state index contributed by atoms with van der Waals surface area (Å²) < 4.78 is 0. The molecular formula is C13H27N3. The number of hydrazine groups is 1. The number of hydrogen-bond acceptors (Lipinski definition) is 3. The molecule has 0 radical (unpaired) electrons. The second-order valence-corrected chi connectivity index (χ2v) is 5.93. The van der Waals surface area contributed by atoms with E-state index in [0.29, 0.717) is 0 Å². The first kappa shape index (κ1) is 12.3. The molecule has 0 amide bonds. The minimum atomic E-state index is 0.127. The summed E-state index contributed by atoms with van der Waals surface area (Å²) in [6.45, 7) is 5.43. The normalized spacial score (nSPS) is 27.4. The van der Waals surface area contributed by atoms with Gasteiger partial charge in [0.1, 0.15) is 0 Å². The third-order valence-electron chi connectivity index (χ3n) is 4.20. The first-order chi connectivity index (χ1) is 7.72. The zero-order valence-electron chi connectivity index (χ0n) is 10.7. The molecule has 0 aromatic carbocycles. The van der Waals surface area contributed by atoms with Crippen LogP contribution in [0.5, 0.6) is 0 Å². The van der Waals surface area contributed by atoms with Gasteiger partial charge in [0.2, 0.25) is 0 Å². The van der Waals surface area contributed by atoms with Crippen LogP contribution in [0.2, 0.25) is 0 Å². The Hall–Kier alpha value is -0.120. The SMILES string of the molecule is CC(CN)(CC1CCC1)NN1CCCCC1. The van der Waals surface area contributed by atoms with Gasteiger partial charge in [0.15, 0.2) is 0 Å². The molecule has 3 nitrogen and oxygen atoms in total. The maximum absolute atomic E-state index is 5.96. The summed E-state index contributed by atoms with van der Waals surface area (Å²) in [5, 5.41) is 2.40. The van der Waals surface area contributed by atoms with Crippen molar-refractivity contribution in [1.82, 2.24) is 10.4 Å². The Labute approximate surface area is 99.7 Å². The molecule has 1 saturated heterocycles. The summed E-state index contributed by atoms with van der Waals surface area (Å²) in [4.78, 5) is 0. The van der Waals surface area contributed by atoms with Crippen LogP contribution in [0.3, 0.4) is 0 Å². The van der Waals surface area contributed by atoms with Crippen molar-refractivity contribution in [2.45, 2.75) is 57.4 Å². The van der Waals surface area contributed by atoms with Gasteiger partial charge >= 0.3 is 0 Å². The van der Waals surface area contributed by atoms with Gasteiger partial charge in [-0.1, -0.05) is 25.7 Å². The zero-order chi connectivity index (χ0) is 11.4. The lowest BCUT2D eigenvalue weighted by Crippen LogP contribution is -2.58. The first-order valence-electron chi connectivity index (χ1n) is 6.95. The van der Waals surface area contributed by atoms with E-state index in [-0.39, 0.29) is 5.54 Å².